The van der Waals surface area contributed by atoms with Gasteiger partial charge in [0.1, 0.15) is 0 Å². The van der Waals surface area contributed by atoms with E-state index in [1.807, 2.05) is 0 Å². The van der Waals surface area contributed by atoms with Crippen LogP contribution in [0.1, 0.15) is 25.7 Å². The highest BCUT2D eigenvalue weighted by Gasteiger charge is 2.69. The Morgan fingerprint density at radius 1 is 1.44 bits per heavy atom. The summed E-state index contributed by atoms with van der Waals surface area (Å²) in [6, 6.07) is 0. The summed E-state index contributed by atoms with van der Waals surface area (Å²) in [6.07, 6.45) is 5.48. The lowest BCUT2D eigenvalue weighted by molar-refractivity contribution is -0.275. The zero-order valence-corrected chi connectivity index (χ0v) is 5.51. The summed E-state index contributed by atoms with van der Waals surface area (Å²) in [4.78, 5) is 0. The lowest BCUT2D eigenvalue weighted by Crippen LogP contribution is -2.69. The second-order valence-electron chi connectivity index (χ2n) is 4.08. The van der Waals surface area contributed by atoms with Crippen LogP contribution in [0.25, 0.3) is 0 Å². The molecule has 0 aliphatic heterocycles. The second-order valence-corrected chi connectivity index (χ2v) is 4.08. The Morgan fingerprint density at radius 3 is 2.44 bits per heavy atom. The van der Waals surface area contributed by atoms with E-state index in [0.717, 1.165) is 23.7 Å². The highest BCUT2D eigenvalue weighted by molar-refractivity contribution is 5.18. The molecule has 9 heavy (non-hydrogen) atoms. The molecule has 0 aromatic rings. The molecule has 1 spiro atoms. The van der Waals surface area contributed by atoms with E-state index in [1.165, 1.54) is 19.3 Å². The van der Waals surface area contributed by atoms with Gasteiger partial charge in [-0.15, -0.1) is 0 Å². The maximum absolute atomic E-state index is 9.25. The molecule has 0 aromatic heterocycles. The van der Waals surface area contributed by atoms with Gasteiger partial charge < -0.3 is 5.11 Å². The van der Waals surface area contributed by atoms with Gasteiger partial charge in [0.05, 0.1) is 6.10 Å². The Morgan fingerprint density at radius 2 is 2.33 bits per heavy atom. The van der Waals surface area contributed by atoms with Gasteiger partial charge in [-0.2, -0.15) is 0 Å². The molecule has 0 saturated heterocycles. The Balaban J connectivity index is 1.88. The molecule has 4 atom stereocenters. The van der Waals surface area contributed by atoms with Gasteiger partial charge in [-0.25, -0.2) is 0 Å². The average Bonchev–Trinajstić information content (AvgIpc) is 1.80. The van der Waals surface area contributed by atoms with E-state index in [-0.39, 0.29) is 6.10 Å². The largest absolute Gasteiger partial charge is 0.393 e. The van der Waals surface area contributed by atoms with Crippen LogP contribution in [0, 0.1) is 17.3 Å². The normalized spacial score (nSPS) is 68.3. The zero-order chi connectivity index (χ0) is 6.06. The van der Waals surface area contributed by atoms with Crippen LogP contribution in [0.2, 0.25) is 0 Å². The van der Waals surface area contributed by atoms with Crippen molar-refractivity contribution in [3.63, 3.8) is 0 Å². The molecular formula is C8H12O. The summed E-state index contributed by atoms with van der Waals surface area (Å²) < 4.78 is 0. The molecule has 1 heteroatoms. The first-order valence-corrected chi connectivity index (χ1v) is 4.01. The van der Waals surface area contributed by atoms with Gasteiger partial charge >= 0.3 is 0 Å². The third kappa shape index (κ3) is 0.295. The number of hydrogen-bond acceptors (Lipinski definition) is 1. The van der Waals surface area contributed by atoms with Crippen LogP contribution in [-0.4, -0.2) is 11.2 Å². The van der Waals surface area contributed by atoms with Crippen molar-refractivity contribution in [2.75, 3.05) is 0 Å². The predicted molar refractivity (Wildman–Crippen MR) is 33.9 cm³/mol. The van der Waals surface area contributed by atoms with Gasteiger partial charge in [-0.05, 0) is 42.9 Å². The smallest absolute Gasteiger partial charge is 0.0579 e. The number of aliphatic hydroxyl groups excluding tert-OH is 1. The number of hydrogen-bond donors (Lipinski definition) is 1. The van der Waals surface area contributed by atoms with Gasteiger partial charge in [0, 0.05) is 0 Å². The topological polar surface area (TPSA) is 20.2 Å². The first-order valence-electron chi connectivity index (χ1n) is 4.01. The summed E-state index contributed by atoms with van der Waals surface area (Å²) in [6.45, 7) is 0. The highest BCUT2D eigenvalue weighted by Crippen LogP contribution is 2.74. The first kappa shape index (κ1) is 4.73. The molecular weight excluding hydrogens is 112 g/mol. The molecule has 0 heterocycles. The van der Waals surface area contributed by atoms with E-state index < -0.39 is 0 Å². The van der Waals surface area contributed by atoms with Crippen molar-refractivity contribution in [2.45, 2.75) is 31.8 Å². The van der Waals surface area contributed by atoms with E-state index in [4.69, 9.17) is 0 Å². The highest BCUT2D eigenvalue weighted by atomic mass is 16.3. The van der Waals surface area contributed by atoms with Crippen LogP contribution < -0.4 is 0 Å². The van der Waals surface area contributed by atoms with Crippen molar-refractivity contribution in [1.82, 2.24) is 0 Å². The van der Waals surface area contributed by atoms with Gasteiger partial charge in [-0.1, -0.05) is 0 Å². The fraction of sp³-hybridized carbons (Fsp3) is 1.00. The minimum absolute atomic E-state index is 0.0987. The average molecular weight is 124 g/mol. The van der Waals surface area contributed by atoms with Crippen LogP contribution >= 0.6 is 0 Å². The van der Waals surface area contributed by atoms with Crippen LogP contribution in [-0.2, 0) is 0 Å². The van der Waals surface area contributed by atoms with Crippen molar-refractivity contribution < 1.29 is 5.11 Å². The predicted octanol–water partition coefficient (Wildman–Crippen LogP) is 1.17. The van der Waals surface area contributed by atoms with Gasteiger partial charge in [0.2, 0.25) is 0 Å². The lowest BCUT2D eigenvalue weighted by atomic mass is 9.33. The summed E-state index contributed by atoms with van der Waals surface area (Å²) in [5.41, 5.74) is 0.722. The number of aliphatic hydroxyl groups is 1. The second kappa shape index (κ2) is 1.07. The minimum Gasteiger partial charge on any atom is -0.393 e. The van der Waals surface area contributed by atoms with Gasteiger partial charge in [-0.3, -0.25) is 0 Å². The van der Waals surface area contributed by atoms with Crippen molar-refractivity contribution in [3.05, 3.63) is 0 Å². The molecule has 3 fully saturated rings. The third-order valence-electron chi connectivity index (χ3n) is 4.10. The minimum atomic E-state index is 0.0987. The third-order valence-corrected chi connectivity index (χ3v) is 4.10. The van der Waals surface area contributed by atoms with E-state index in [9.17, 15) is 5.11 Å². The van der Waals surface area contributed by atoms with Gasteiger partial charge in [0.15, 0.2) is 0 Å². The standard InChI is InChI=1S/C8H12O/c9-7-4-8-2-1-5(8)3-6(7)8/h5-7,9H,1-4H2/t5-,6+,7?,8+/m0/s1. The molecule has 3 rings (SSSR count). The molecule has 3 saturated carbocycles. The van der Waals surface area contributed by atoms with E-state index in [1.54, 1.807) is 0 Å². The van der Waals surface area contributed by atoms with Gasteiger partial charge in [0.25, 0.3) is 0 Å². The first-order chi connectivity index (χ1) is 4.33. The van der Waals surface area contributed by atoms with Crippen molar-refractivity contribution in [3.8, 4) is 0 Å². The maximum atomic E-state index is 9.25. The molecule has 1 N–H and O–H groups in total. The van der Waals surface area contributed by atoms with E-state index in [0.29, 0.717) is 0 Å². The maximum Gasteiger partial charge on any atom is 0.0579 e. The SMILES string of the molecule is OC1C[C@]23CC[C@H]2C[C@H]13. The molecule has 3 aliphatic rings. The van der Waals surface area contributed by atoms with Crippen molar-refractivity contribution >= 4 is 0 Å². The zero-order valence-electron chi connectivity index (χ0n) is 5.51. The fourth-order valence-electron chi connectivity index (χ4n) is 3.27. The summed E-state index contributed by atoms with van der Waals surface area (Å²) in [5.74, 6) is 1.79. The summed E-state index contributed by atoms with van der Waals surface area (Å²) >= 11 is 0. The lowest BCUT2D eigenvalue weighted by Gasteiger charge is -2.73. The molecule has 0 radical (unpaired) electrons. The van der Waals surface area contributed by atoms with Crippen molar-refractivity contribution in [2.24, 2.45) is 17.3 Å². The molecule has 0 bridgehead atoms. The van der Waals surface area contributed by atoms with Crippen LogP contribution in [0.4, 0.5) is 0 Å². The van der Waals surface area contributed by atoms with Crippen LogP contribution in [0.5, 0.6) is 0 Å². The van der Waals surface area contributed by atoms with E-state index in [2.05, 4.69) is 0 Å². The Labute approximate surface area is 55.1 Å². The molecule has 1 unspecified atom stereocenters. The molecule has 3 aliphatic carbocycles. The van der Waals surface area contributed by atoms with Crippen LogP contribution in [0.15, 0.2) is 0 Å². The quantitative estimate of drug-likeness (QED) is 0.514. The summed E-state index contributed by atoms with van der Waals surface area (Å²) in [7, 11) is 0. The van der Waals surface area contributed by atoms with E-state index >= 15 is 0 Å². The van der Waals surface area contributed by atoms with Crippen molar-refractivity contribution in [1.29, 1.82) is 0 Å². The van der Waals surface area contributed by atoms with Crippen LogP contribution in [0.3, 0.4) is 0 Å². The fourth-order valence-corrected chi connectivity index (χ4v) is 3.27. The Bertz CT molecular complexity index is 166. The molecule has 50 valence electrons. The monoisotopic (exact) mass is 124 g/mol. The Kier molecular flexibility index (Phi) is 0.563. The number of rotatable bonds is 0. The molecule has 1 nitrogen and oxygen atoms in total. The summed E-state index contributed by atoms with van der Waals surface area (Å²) in [5, 5.41) is 9.25. The molecule has 0 amide bonds. The Hall–Kier alpha value is -0.0400. The molecule has 0 aromatic carbocycles.